The molecule has 1 aromatic heterocycles. The summed E-state index contributed by atoms with van der Waals surface area (Å²) in [6, 6.07) is 4.07. The second-order valence-corrected chi connectivity index (χ2v) is 4.26. The summed E-state index contributed by atoms with van der Waals surface area (Å²) < 4.78 is 21.1. The van der Waals surface area contributed by atoms with Gasteiger partial charge in [-0.1, -0.05) is 0 Å². The fourth-order valence-corrected chi connectivity index (χ4v) is 1.61. The van der Waals surface area contributed by atoms with Crippen LogP contribution in [0.5, 0.6) is 0 Å². The fraction of sp³-hybridized carbons (Fsp3) is 0.714. The van der Waals surface area contributed by atoms with E-state index in [1.807, 2.05) is 12.1 Å². The predicted octanol–water partition coefficient (Wildman–Crippen LogP) is 2.00. The Morgan fingerprint density at radius 3 is 2.63 bits per heavy atom. The average Bonchev–Trinajstić information content (AvgIpc) is 2.95. The zero-order valence-corrected chi connectivity index (χ0v) is 11.9. The quantitative estimate of drug-likeness (QED) is 0.589. The van der Waals surface area contributed by atoms with Crippen molar-refractivity contribution < 1.29 is 18.6 Å². The Hall–Kier alpha value is -0.880. The molecule has 110 valence electrons. The van der Waals surface area contributed by atoms with E-state index in [-0.39, 0.29) is 6.04 Å². The van der Waals surface area contributed by atoms with Gasteiger partial charge in [0.25, 0.3) is 0 Å². The topological polar surface area (TPSA) is 52.9 Å². The summed E-state index contributed by atoms with van der Waals surface area (Å²) in [4.78, 5) is 0. The maximum absolute atomic E-state index is 5.46. The zero-order valence-electron chi connectivity index (χ0n) is 11.9. The van der Waals surface area contributed by atoms with Crippen LogP contribution >= 0.6 is 0 Å². The summed E-state index contributed by atoms with van der Waals surface area (Å²) in [7, 11) is 1.69. The second kappa shape index (κ2) is 11.0. The Kier molecular flexibility index (Phi) is 9.36. The van der Waals surface area contributed by atoms with Gasteiger partial charge in [0.05, 0.1) is 32.1 Å². The van der Waals surface area contributed by atoms with Crippen molar-refractivity contribution in [1.29, 1.82) is 0 Å². The number of nitrogens with one attached hydrogen (secondary N) is 1. The van der Waals surface area contributed by atoms with Crippen molar-refractivity contribution in [2.45, 2.75) is 19.4 Å². The normalized spacial score (nSPS) is 12.7. The molecule has 0 amide bonds. The van der Waals surface area contributed by atoms with Gasteiger partial charge < -0.3 is 23.9 Å². The van der Waals surface area contributed by atoms with E-state index in [2.05, 4.69) is 12.2 Å². The van der Waals surface area contributed by atoms with Crippen molar-refractivity contribution >= 4 is 0 Å². The smallest absolute Gasteiger partial charge is 0.120 e. The molecule has 1 unspecified atom stereocenters. The molecule has 0 saturated heterocycles. The van der Waals surface area contributed by atoms with Crippen LogP contribution < -0.4 is 5.32 Å². The lowest BCUT2D eigenvalue weighted by Gasteiger charge is -2.11. The minimum Gasteiger partial charge on any atom is -0.468 e. The highest BCUT2D eigenvalue weighted by atomic mass is 16.5. The number of ether oxygens (including phenoxy) is 3. The Labute approximate surface area is 115 Å². The molecule has 1 heterocycles. The molecule has 1 N–H and O–H groups in total. The third-order valence-electron chi connectivity index (χ3n) is 2.68. The highest BCUT2D eigenvalue weighted by Gasteiger charge is 2.05. The predicted molar refractivity (Wildman–Crippen MR) is 73.3 cm³/mol. The van der Waals surface area contributed by atoms with Gasteiger partial charge in [-0.25, -0.2) is 0 Å². The summed E-state index contributed by atoms with van der Waals surface area (Å²) >= 11 is 0. The van der Waals surface area contributed by atoms with Crippen molar-refractivity contribution in [3.8, 4) is 0 Å². The molecule has 1 aromatic rings. The van der Waals surface area contributed by atoms with Gasteiger partial charge in [-0.15, -0.1) is 0 Å². The lowest BCUT2D eigenvalue weighted by molar-refractivity contribution is 0.0403. The van der Waals surface area contributed by atoms with E-state index in [0.29, 0.717) is 19.8 Å². The Morgan fingerprint density at radius 1 is 1.16 bits per heavy atom. The first-order chi connectivity index (χ1) is 9.34. The minimum atomic E-state index is 0.212. The molecule has 1 rings (SSSR count). The molecule has 0 aliphatic rings. The SMILES string of the molecule is COCCCOCCOCCNC(C)c1ccco1. The van der Waals surface area contributed by atoms with E-state index in [1.54, 1.807) is 13.4 Å². The van der Waals surface area contributed by atoms with Crippen molar-refractivity contribution in [2.75, 3.05) is 46.7 Å². The van der Waals surface area contributed by atoms with Crippen molar-refractivity contribution in [3.63, 3.8) is 0 Å². The third-order valence-corrected chi connectivity index (χ3v) is 2.68. The molecule has 0 aromatic carbocycles. The highest BCUT2D eigenvalue weighted by Crippen LogP contribution is 2.11. The van der Waals surface area contributed by atoms with Gasteiger partial charge in [-0.2, -0.15) is 0 Å². The average molecular weight is 271 g/mol. The van der Waals surface area contributed by atoms with Crippen LogP contribution in [0.2, 0.25) is 0 Å². The number of methoxy groups -OCH3 is 1. The zero-order chi connectivity index (χ0) is 13.8. The van der Waals surface area contributed by atoms with E-state index < -0.39 is 0 Å². The second-order valence-electron chi connectivity index (χ2n) is 4.26. The summed E-state index contributed by atoms with van der Waals surface area (Å²) in [5.41, 5.74) is 0. The number of rotatable bonds is 12. The first kappa shape index (κ1) is 16.2. The lowest BCUT2D eigenvalue weighted by Crippen LogP contribution is -2.23. The monoisotopic (exact) mass is 271 g/mol. The van der Waals surface area contributed by atoms with Gasteiger partial charge in [0.1, 0.15) is 5.76 Å². The van der Waals surface area contributed by atoms with Crippen LogP contribution in [-0.4, -0.2) is 46.7 Å². The van der Waals surface area contributed by atoms with Crippen molar-refractivity contribution in [2.24, 2.45) is 0 Å². The summed E-state index contributed by atoms with van der Waals surface area (Å²) in [6.45, 7) is 6.28. The largest absolute Gasteiger partial charge is 0.468 e. The molecule has 0 aliphatic carbocycles. The van der Waals surface area contributed by atoms with Crippen LogP contribution in [0.15, 0.2) is 22.8 Å². The first-order valence-electron chi connectivity index (χ1n) is 6.76. The summed E-state index contributed by atoms with van der Waals surface area (Å²) in [5.74, 6) is 0.946. The number of hydrogen-bond donors (Lipinski definition) is 1. The van der Waals surface area contributed by atoms with E-state index >= 15 is 0 Å². The Morgan fingerprint density at radius 2 is 1.95 bits per heavy atom. The molecule has 5 nitrogen and oxygen atoms in total. The molecule has 0 spiro atoms. The highest BCUT2D eigenvalue weighted by molar-refractivity contribution is 5.02. The van der Waals surface area contributed by atoms with Gasteiger partial charge in [0, 0.05) is 26.9 Å². The number of furan rings is 1. The summed E-state index contributed by atoms with van der Waals surface area (Å²) in [5, 5.41) is 3.33. The van der Waals surface area contributed by atoms with Crippen LogP contribution in [-0.2, 0) is 14.2 Å². The molecule has 0 aliphatic heterocycles. The third kappa shape index (κ3) is 8.00. The van der Waals surface area contributed by atoms with Gasteiger partial charge in [-0.05, 0) is 25.5 Å². The van der Waals surface area contributed by atoms with Gasteiger partial charge in [-0.3, -0.25) is 0 Å². The maximum atomic E-state index is 5.46. The molecule has 19 heavy (non-hydrogen) atoms. The van der Waals surface area contributed by atoms with E-state index in [0.717, 1.165) is 31.9 Å². The van der Waals surface area contributed by atoms with E-state index in [9.17, 15) is 0 Å². The molecule has 5 heteroatoms. The Balaban J connectivity index is 1.83. The van der Waals surface area contributed by atoms with Gasteiger partial charge in [0.15, 0.2) is 0 Å². The van der Waals surface area contributed by atoms with Crippen LogP contribution in [0.4, 0.5) is 0 Å². The summed E-state index contributed by atoms with van der Waals surface area (Å²) in [6.07, 6.45) is 2.61. The van der Waals surface area contributed by atoms with Gasteiger partial charge in [0.2, 0.25) is 0 Å². The lowest BCUT2D eigenvalue weighted by atomic mass is 10.2. The van der Waals surface area contributed by atoms with Crippen LogP contribution in [0, 0.1) is 0 Å². The Bertz CT molecular complexity index is 290. The molecule has 1 atom stereocenters. The molecule has 0 saturated carbocycles. The molecular weight excluding hydrogens is 246 g/mol. The van der Waals surface area contributed by atoms with Crippen molar-refractivity contribution in [3.05, 3.63) is 24.2 Å². The van der Waals surface area contributed by atoms with E-state index in [1.165, 1.54) is 0 Å². The molecule has 0 radical (unpaired) electrons. The minimum absolute atomic E-state index is 0.212. The molecular formula is C14H25NO4. The number of hydrogen-bond acceptors (Lipinski definition) is 5. The first-order valence-corrected chi connectivity index (χ1v) is 6.76. The van der Waals surface area contributed by atoms with Crippen LogP contribution in [0.25, 0.3) is 0 Å². The van der Waals surface area contributed by atoms with Crippen molar-refractivity contribution in [1.82, 2.24) is 5.32 Å². The molecule has 0 fully saturated rings. The van der Waals surface area contributed by atoms with Crippen LogP contribution in [0.3, 0.4) is 0 Å². The standard InChI is InChI=1S/C14H25NO4/c1-13(14-5-3-9-19-14)15-6-10-18-12-11-17-8-4-7-16-2/h3,5,9,13,15H,4,6-8,10-12H2,1-2H3. The van der Waals surface area contributed by atoms with Gasteiger partial charge >= 0.3 is 0 Å². The van der Waals surface area contributed by atoms with E-state index in [4.69, 9.17) is 18.6 Å². The maximum Gasteiger partial charge on any atom is 0.120 e. The molecule has 0 bridgehead atoms. The van der Waals surface area contributed by atoms with Crippen LogP contribution in [0.1, 0.15) is 25.1 Å². The fourth-order valence-electron chi connectivity index (χ4n) is 1.61.